The fourth-order valence-electron chi connectivity index (χ4n) is 1.19. The average molecular weight is 232 g/mol. The molecule has 0 fully saturated rings. The van der Waals surface area contributed by atoms with E-state index in [1.165, 1.54) is 6.07 Å². The van der Waals surface area contributed by atoms with Crippen LogP contribution in [0.1, 0.15) is 18.1 Å². The van der Waals surface area contributed by atoms with Gasteiger partial charge in [-0.2, -0.15) is 13.2 Å². The monoisotopic (exact) mass is 232 g/mol. The topological polar surface area (TPSA) is 29.5 Å². The number of phenolic OH excluding ortho intramolecular Hbond substituents is 1. The third kappa shape index (κ3) is 2.92. The van der Waals surface area contributed by atoms with E-state index in [1.807, 2.05) is 0 Å². The molecule has 0 spiro atoms. The van der Waals surface area contributed by atoms with Crippen LogP contribution in [0.4, 0.5) is 13.2 Å². The maximum Gasteiger partial charge on any atom is 0.416 e. The molecule has 1 N–H and O–H groups in total. The second-order valence-corrected chi connectivity index (χ2v) is 3.12. The van der Waals surface area contributed by atoms with Crippen molar-refractivity contribution < 1.29 is 23.0 Å². The second-order valence-electron chi connectivity index (χ2n) is 3.12. The summed E-state index contributed by atoms with van der Waals surface area (Å²) in [5.74, 6) is -0.366. The molecule has 16 heavy (non-hydrogen) atoms. The van der Waals surface area contributed by atoms with E-state index < -0.39 is 17.5 Å². The molecule has 0 bridgehead atoms. The van der Waals surface area contributed by atoms with Gasteiger partial charge in [-0.15, -0.1) is 0 Å². The lowest BCUT2D eigenvalue weighted by atomic mass is 10.1. The van der Waals surface area contributed by atoms with Gasteiger partial charge in [0, 0.05) is 5.56 Å². The Morgan fingerprint density at radius 2 is 2.00 bits per heavy atom. The van der Waals surface area contributed by atoms with E-state index >= 15 is 0 Å². The quantitative estimate of drug-likeness (QED) is 0.809. The first-order valence-corrected chi connectivity index (χ1v) is 4.58. The van der Waals surface area contributed by atoms with Crippen LogP contribution in [-0.4, -0.2) is 11.7 Å². The Kier molecular flexibility index (Phi) is 3.47. The molecule has 0 amide bonds. The summed E-state index contributed by atoms with van der Waals surface area (Å²) in [7, 11) is 0. The molecule has 0 aliphatic carbocycles. The Labute approximate surface area is 91.0 Å². The first-order chi connectivity index (χ1) is 7.34. The number of ether oxygens (including phenoxy) is 1. The van der Waals surface area contributed by atoms with Gasteiger partial charge in [0.15, 0.2) is 0 Å². The second kappa shape index (κ2) is 4.47. The number of hydrogen-bond acceptors (Lipinski definition) is 2. The summed E-state index contributed by atoms with van der Waals surface area (Å²) in [5, 5.41) is 9.18. The Balaban J connectivity index is 3.13. The van der Waals surface area contributed by atoms with Crippen molar-refractivity contribution in [3.05, 3.63) is 35.9 Å². The van der Waals surface area contributed by atoms with Crippen molar-refractivity contribution in [2.45, 2.75) is 13.1 Å². The number of rotatable bonds is 3. The number of phenols is 1. The molecule has 1 aromatic carbocycles. The summed E-state index contributed by atoms with van der Waals surface area (Å²) < 4.78 is 42.2. The minimum absolute atomic E-state index is 0.101. The molecule has 0 radical (unpaired) electrons. The third-order valence-electron chi connectivity index (χ3n) is 1.89. The molecule has 0 aliphatic heterocycles. The molecule has 0 unspecified atom stereocenters. The van der Waals surface area contributed by atoms with Gasteiger partial charge in [-0.05, 0) is 25.1 Å². The SMILES string of the molecule is C=C(OCC)c1cc(O)cc(C(F)(F)F)c1. The van der Waals surface area contributed by atoms with Crippen molar-refractivity contribution in [1.82, 2.24) is 0 Å². The minimum Gasteiger partial charge on any atom is -0.508 e. The third-order valence-corrected chi connectivity index (χ3v) is 1.89. The van der Waals surface area contributed by atoms with E-state index in [0.29, 0.717) is 12.7 Å². The highest BCUT2D eigenvalue weighted by atomic mass is 19.4. The molecule has 0 aliphatic rings. The largest absolute Gasteiger partial charge is 0.508 e. The molecule has 2 nitrogen and oxygen atoms in total. The van der Waals surface area contributed by atoms with E-state index in [-0.39, 0.29) is 11.3 Å². The van der Waals surface area contributed by atoms with Gasteiger partial charge in [0.2, 0.25) is 0 Å². The lowest BCUT2D eigenvalue weighted by molar-refractivity contribution is -0.137. The highest BCUT2D eigenvalue weighted by Gasteiger charge is 2.31. The van der Waals surface area contributed by atoms with Crippen LogP contribution in [0.3, 0.4) is 0 Å². The molecular formula is C11H11F3O2. The van der Waals surface area contributed by atoms with Gasteiger partial charge >= 0.3 is 6.18 Å². The summed E-state index contributed by atoms with van der Waals surface area (Å²) in [4.78, 5) is 0. The van der Waals surface area contributed by atoms with Gasteiger partial charge < -0.3 is 9.84 Å². The Morgan fingerprint density at radius 1 is 1.38 bits per heavy atom. The first kappa shape index (κ1) is 12.4. The van der Waals surface area contributed by atoms with Crippen molar-refractivity contribution in [2.75, 3.05) is 6.61 Å². The van der Waals surface area contributed by atoms with Gasteiger partial charge in [0.05, 0.1) is 12.2 Å². The molecular weight excluding hydrogens is 221 g/mol. The van der Waals surface area contributed by atoms with Crippen molar-refractivity contribution >= 4 is 5.76 Å². The number of aromatic hydroxyl groups is 1. The number of hydrogen-bond donors (Lipinski definition) is 1. The van der Waals surface area contributed by atoms with Crippen molar-refractivity contribution in [3.8, 4) is 5.75 Å². The summed E-state index contributed by atoms with van der Waals surface area (Å²) >= 11 is 0. The van der Waals surface area contributed by atoms with Crippen LogP contribution in [0.25, 0.3) is 5.76 Å². The summed E-state index contributed by atoms with van der Waals surface area (Å²) in [5.41, 5.74) is -0.808. The van der Waals surface area contributed by atoms with Gasteiger partial charge in [-0.25, -0.2) is 0 Å². The van der Waals surface area contributed by atoms with Crippen LogP contribution in [0, 0.1) is 0 Å². The van der Waals surface area contributed by atoms with Crippen LogP contribution < -0.4 is 0 Å². The van der Waals surface area contributed by atoms with E-state index in [0.717, 1.165) is 6.07 Å². The van der Waals surface area contributed by atoms with Crippen LogP contribution in [0.15, 0.2) is 24.8 Å². The van der Waals surface area contributed by atoms with E-state index in [4.69, 9.17) is 4.74 Å². The minimum atomic E-state index is -4.50. The highest BCUT2D eigenvalue weighted by molar-refractivity contribution is 5.60. The molecule has 1 rings (SSSR count). The maximum absolute atomic E-state index is 12.4. The molecule has 5 heteroatoms. The molecule has 0 atom stereocenters. The number of benzene rings is 1. The number of alkyl halides is 3. The fourth-order valence-corrected chi connectivity index (χ4v) is 1.19. The Hall–Kier alpha value is -1.65. The number of halogens is 3. The average Bonchev–Trinajstić information content (AvgIpc) is 2.16. The predicted octanol–water partition coefficient (Wildman–Crippen LogP) is 3.42. The lowest BCUT2D eigenvalue weighted by Gasteiger charge is -2.11. The zero-order valence-electron chi connectivity index (χ0n) is 8.64. The molecule has 0 saturated carbocycles. The van der Waals surface area contributed by atoms with Crippen LogP contribution >= 0.6 is 0 Å². The predicted molar refractivity (Wildman–Crippen MR) is 53.8 cm³/mol. The van der Waals surface area contributed by atoms with Gasteiger partial charge in [-0.3, -0.25) is 0 Å². The summed E-state index contributed by atoms with van der Waals surface area (Å²) in [6.07, 6.45) is -4.50. The van der Waals surface area contributed by atoms with Crippen LogP contribution in [0.5, 0.6) is 5.75 Å². The maximum atomic E-state index is 12.4. The van der Waals surface area contributed by atoms with Gasteiger partial charge in [0.25, 0.3) is 0 Å². The van der Waals surface area contributed by atoms with Gasteiger partial charge in [0.1, 0.15) is 11.5 Å². The Morgan fingerprint density at radius 3 is 2.50 bits per heavy atom. The van der Waals surface area contributed by atoms with Gasteiger partial charge in [-0.1, -0.05) is 6.58 Å². The van der Waals surface area contributed by atoms with Crippen LogP contribution in [0.2, 0.25) is 0 Å². The molecule has 0 saturated heterocycles. The van der Waals surface area contributed by atoms with Crippen LogP contribution in [-0.2, 0) is 10.9 Å². The Bertz CT molecular complexity index is 397. The highest BCUT2D eigenvalue weighted by Crippen LogP contribution is 2.33. The summed E-state index contributed by atoms with van der Waals surface area (Å²) in [6.45, 7) is 5.47. The molecule has 1 aromatic rings. The molecule has 0 aromatic heterocycles. The van der Waals surface area contributed by atoms with E-state index in [2.05, 4.69) is 6.58 Å². The standard InChI is InChI=1S/C11H11F3O2/c1-3-16-7(2)8-4-9(11(12,13)14)6-10(15)5-8/h4-6,15H,2-3H2,1H3. The van der Waals surface area contributed by atoms with Crippen molar-refractivity contribution in [2.24, 2.45) is 0 Å². The lowest BCUT2D eigenvalue weighted by Crippen LogP contribution is -2.05. The summed E-state index contributed by atoms with van der Waals surface area (Å²) in [6, 6.07) is 2.72. The van der Waals surface area contributed by atoms with E-state index in [1.54, 1.807) is 6.92 Å². The van der Waals surface area contributed by atoms with E-state index in [9.17, 15) is 18.3 Å². The zero-order valence-corrected chi connectivity index (χ0v) is 8.64. The fraction of sp³-hybridized carbons (Fsp3) is 0.273. The molecule has 0 heterocycles. The van der Waals surface area contributed by atoms with Crippen molar-refractivity contribution in [1.29, 1.82) is 0 Å². The first-order valence-electron chi connectivity index (χ1n) is 4.58. The zero-order chi connectivity index (χ0) is 12.3. The normalized spacial score (nSPS) is 11.2. The molecule has 88 valence electrons. The van der Waals surface area contributed by atoms with Crippen molar-refractivity contribution in [3.63, 3.8) is 0 Å². The smallest absolute Gasteiger partial charge is 0.416 e.